The smallest absolute Gasteiger partial charge is 0.406 e. The van der Waals surface area contributed by atoms with E-state index in [1.54, 1.807) is 0 Å². The van der Waals surface area contributed by atoms with E-state index in [-0.39, 0.29) is 16.9 Å². The minimum atomic E-state index is -4.78. The third-order valence-electron chi connectivity index (χ3n) is 6.06. The first kappa shape index (κ1) is 24.4. The molecule has 33 heavy (non-hydrogen) atoms. The Morgan fingerprint density at radius 1 is 1.24 bits per heavy atom. The van der Waals surface area contributed by atoms with Crippen LogP contribution in [-0.2, 0) is 4.79 Å². The van der Waals surface area contributed by atoms with E-state index in [4.69, 9.17) is 10.5 Å². The molecule has 0 saturated carbocycles. The van der Waals surface area contributed by atoms with Gasteiger partial charge in [-0.15, -0.1) is 0 Å². The molecule has 7 nitrogen and oxygen atoms in total. The van der Waals surface area contributed by atoms with Gasteiger partial charge in [0.15, 0.2) is 11.6 Å². The van der Waals surface area contributed by atoms with Crippen molar-refractivity contribution in [3.05, 3.63) is 53.4 Å². The molecule has 1 aliphatic rings. The monoisotopic (exact) mass is 472 g/mol. The van der Waals surface area contributed by atoms with Crippen LogP contribution in [0.1, 0.15) is 35.8 Å². The predicted molar refractivity (Wildman–Crippen MR) is 108 cm³/mol. The van der Waals surface area contributed by atoms with Gasteiger partial charge >= 0.3 is 6.18 Å². The first-order valence-electron chi connectivity index (χ1n) is 9.74. The number of carbonyl (C=O) groups excluding carboxylic acids is 2. The van der Waals surface area contributed by atoms with E-state index in [0.29, 0.717) is 0 Å². The summed E-state index contributed by atoms with van der Waals surface area (Å²) < 4.78 is 75.0. The number of nitrogens with zero attached hydrogens (tertiary/aromatic N) is 1. The minimum Gasteiger partial charge on any atom is -0.493 e. The van der Waals surface area contributed by atoms with E-state index in [1.165, 1.54) is 19.2 Å². The Hall–Kier alpha value is -3.28. The lowest BCUT2D eigenvalue weighted by Gasteiger charge is -2.33. The van der Waals surface area contributed by atoms with Crippen LogP contribution >= 0.6 is 0 Å². The molecule has 12 heteroatoms. The number of primary amides is 1. The van der Waals surface area contributed by atoms with E-state index >= 15 is 0 Å². The molecule has 0 spiro atoms. The molecule has 0 radical (unpaired) electrons. The van der Waals surface area contributed by atoms with Gasteiger partial charge in [0.25, 0.3) is 5.91 Å². The highest BCUT2D eigenvalue weighted by molar-refractivity contribution is 5.98. The summed E-state index contributed by atoms with van der Waals surface area (Å²) in [5, 5.41) is 4.76. The number of amides is 2. The maximum Gasteiger partial charge on any atom is 0.406 e. The molecule has 2 heterocycles. The maximum atomic E-state index is 14.4. The van der Waals surface area contributed by atoms with Crippen molar-refractivity contribution in [2.24, 2.45) is 11.7 Å². The predicted octanol–water partition coefficient (Wildman–Crippen LogP) is 3.12. The van der Waals surface area contributed by atoms with Crippen molar-refractivity contribution >= 4 is 17.5 Å². The molecule has 4 atom stereocenters. The Morgan fingerprint density at radius 3 is 2.48 bits per heavy atom. The zero-order chi connectivity index (χ0) is 24.7. The Morgan fingerprint density at radius 2 is 1.91 bits per heavy atom. The van der Waals surface area contributed by atoms with Gasteiger partial charge in [0, 0.05) is 23.4 Å². The van der Waals surface area contributed by atoms with Crippen LogP contribution in [0.3, 0.4) is 0 Å². The number of pyridine rings is 1. The molecule has 0 unspecified atom stereocenters. The Kier molecular flexibility index (Phi) is 6.33. The number of anilines is 1. The molecule has 1 aromatic heterocycles. The van der Waals surface area contributed by atoms with E-state index in [1.807, 2.05) is 0 Å². The van der Waals surface area contributed by atoms with Crippen molar-refractivity contribution in [1.29, 1.82) is 0 Å². The van der Waals surface area contributed by atoms with Crippen molar-refractivity contribution in [2.75, 3.05) is 12.4 Å². The number of carbonyl (C=O) groups is 2. The summed E-state index contributed by atoms with van der Waals surface area (Å²) in [4.78, 5) is 28.2. The largest absolute Gasteiger partial charge is 0.493 e. The lowest BCUT2D eigenvalue weighted by molar-refractivity contribution is -0.198. The van der Waals surface area contributed by atoms with Crippen molar-refractivity contribution in [3.63, 3.8) is 0 Å². The van der Waals surface area contributed by atoms with Crippen LogP contribution in [0, 0.1) is 17.6 Å². The van der Waals surface area contributed by atoms with E-state index < -0.39 is 58.8 Å². The van der Waals surface area contributed by atoms with Crippen LogP contribution < -0.4 is 21.1 Å². The first-order chi connectivity index (χ1) is 15.3. The molecule has 2 aromatic rings. The van der Waals surface area contributed by atoms with Gasteiger partial charge in [-0.25, -0.2) is 4.39 Å². The maximum absolute atomic E-state index is 14.4. The third-order valence-corrected chi connectivity index (χ3v) is 6.06. The average Bonchev–Trinajstić information content (AvgIpc) is 3.02. The quantitative estimate of drug-likeness (QED) is 0.580. The molecular weight excluding hydrogens is 451 g/mol. The van der Waals surface area contributed by atoms with Crippen molar-refractivity contribution in [1.82, 2.24) is 10.3 Å². The SMILES string of the molecule is COc1c([C@@H]2[C@@H](C(=O)Nc3ccnc(C(N)=O)c3)N[C@](C)(C(F)(F)F)[C@@H]2C)ccc(F)c1F. The van der Waals surface area contributed by atoms with Gasteiger partial charge in [0.2, 0.25) is 11.7 Å². The van der Waals surface area contributed by atoms with E-state index in [9.17, 15) is 31.5 Å². The normalized spacial score (nSPS) is 25.0. The molecule has 0 aliphatic carbocycles. The van der Waals surface area contributed by atoms with Crippen LogP contribution in [0.25, 0.3) is 0 Å². The van der Waals surface area contributed by atoms with Gasteiger partial charge in [-0.1, -0.05) is 13.0 Å². The molecule has 3 rings (SSSR count). The van der Waals surface area contributed by atoms with Crippen molar-refractivity contribution in [3.8, 4) is 5.75 Å². The number of nitrogens with two attached hydrogens (primary N) is 1. The number of methoxy groups -OCH3 is 1. The summed E-state index contributed by atoms with van der Waals surface area (Å²) in [7, 11) is 1.05. The Bertz CT molecular complexity index is 1090. The molecule has 178 valence electrons. The lowest BCUT2D eigenvalue weighted by atomic mass is 9.76. The highest BCUT2D eigenvalue weighted by Crippen LogP contribution is 2.51. The van der Waals surface area contributed by atoms with Gasteiger partial charge in [0.1, 0.15) is 11.2 Å². The fourth-order valence-corrected chi connectivity index (χ4v) is 4.09. The molecule has 4 N–H and O–H groups in total. The zero-order valence-corrected chi connectivity index (χ0v) is 17.8. The second-order valence-corrected chi connectivity index (χ2v) is 7.90. The highest BCUT2D eigenvalue weighted by Gasteiger charge is 2.64. The van der Waals surface area contributed by atoms with E-state index in [2.05, 4.69) is 15.6 Å². The fourth-order valence-electron chi connectivity index (χ4n) is 4.09. The third kappa shape index (κ3) is 4.22. The highest BCUT2D eigenvalue weighted by atomic mass is 19.4. The van der Waals surface area contributed by atoms with Crippen LogP contribution in [0.5, 0.6) is 5.75 Å². The molecule has 2 amide bonds. The van der Waals surface area contributed by atoms with Gasteiger partial charge < -0.3 is 15.8 Å². The van der Waals surface area contributed by atoms with Crippen LogP contribution in [-0.4, -0.2) is 41.7 Å². The summed E-state index contributed by atoms with van der Waals surface area (Å²) in [6.07, 6.45) is -3.59. The Balaban J connectivity index is 2.07. The topological polar surface area (TPSA) is 106 Å². The number of hydrogen-bond donors (Lipinski definition) is 3. The Labute approximate surface area is 185 Å². The van der Waals surface area contributed by atoms with Gasteiger partial charge in [0.05, 0.1) is 13.2 Å². The average molecular weight is 472 g/mol. The second-order valence-electron chi connectivity index (χ2n) is 7.90. The van der Waals surface area contributed by atoms with Crippen LogP contribution in [0.4, 0.5) is 27.6 Å². The number of hydrogen-bond acceptors (Lipinski definition) is 5. The van der Waals surface area contributed by atoms with Gasteiger partial charge in [-0.2, -0.15) is 17.6 Å². The minimum absolute atomic E-state index is 0.0647. The molecule has 1 fully saturated rings. The van der Waals surface area contributed by atoms with Gasteiger partial charge in [-0.05, 0) is 31.0 Å². The summed E-state index contributed by atoms with van der Waals surface area (Å²) in [6, 6.07) is 2.82. The summed E-state index contributed by atoms with van der Waals surface area (Å²) in [6.45, 7) is 2.15. The number of alkyl halides is 3. The summed E-state index contributed by atoms with van der Waals surface area (Å²) in [5.74, 6) is -7.50. The second kappa shape index (κ2) is 8.58. The number of nitrogens with one attached hydrogen (secondary N) is 2. The summed E-state index contributed by atoms with van der Waals surface area (Å²) in [5.41, 5.74) is 2.42. The standard InChI is InChI=1S/C21H21F5N4O3/c1-9-14(11-4-5-12(22)15(23)17(11)33-3)16(30-20(9,2)21(24,25)26)19(32)29-10-6-7-28-13(8-10)18(27)31/h4-9,14,16,30H,1-3H3,(H2,27,31)(H,28,29,32)/t9-,14-,16+,20+/m1/s1. The van der Waals surface area contributed by atoms with E-state index in [0.717, 1.165) is 32.2 Å². The number of benzene rings is 1. The molecular formula is C21H21F5N4O3. The number of ether oxygens (including phenoxy) is 1. The molecule has 1 saturated heterocycles. The number of halogens is 5. The lowest BCUT2D eigenvalue weighted by Crippen LogP contribution is -2.56. The van der Waals surface area contributed by atoms with Gasteiger partial charge in [-0.3, -0.25) is 19.9 Å². The number of aromatic nitrogens is 1. The number of rotatable bonds is 5. The van der Waals surface area contributed by atoms with Crippen LogP contribution in [0.2, 0.25) is 0 Å². The molecule has 0 bridgehead atoms. The summed E-state index contributed by atoms with van der Waals surface area (Å²) >= 11 is 0. The van der Waals surface area contributed by atoms with Crippen LogP contribution in [0.15, 0.2) is 30.5 Å². The molecule has 1 aliphatic heterocycles. The van der Waals surface area contributed by atoms with Crippen molar-refractivity contribution < 1.29 is 36.3 Å². The van der Waals surface area contributed by atoms with Crippen molar-refractivity contribution in [2.45, 2.75) is 37.5 Å². The zero-order valence-electron chi connectivity index (χ0n) is 17.8. The first-order valence-corrected chi connectivity index (χ1v) is 9.74. The molecule has 1 aromatic carbocycles. The fraction of sp³-hybridized carbons (Fsp3) is 0.381.